The van der Waals surface area contributed by atoms with E-state index in [2.05, 4.69) is 4.74 Å². The van der Waals surface area contributed by atoms with Crippen LogP contribution in [0.3, 0.4) is 0 Å². The smallest absolute Gasteiger partial charge is 0.346 e. The van der Waals surface area contributed by atoms with Crippen LogP contribution in [-0.4, -0.2) is 18.3 Å². The van der Waals surface area contributed by atoms with Crippen LogP contribution in [0.5, 0.6) is 5.75 Å². The van der Waals surface area contributed by atoms with Crippen molar-refractivity contribution < 1.29 is 75.7 Å². The minimum absolute atomic E-state index is 1.36. The third-order valence-corrected chi connectivity index (χ3v) is 4.92. The average Bonchev–Trinajstić information content (AvgIpc) is 2.72. The Kier molecular flexibility index (Phi) is 5.98. The van der Waals surface area contributed by atoms with Crippen molar-refractivity contribution in [3.05, 3.63) is 63.0 Å². The Hall–Kier alpha value is -2.85. The Morgan fingerprint density at radius 2 is 0.714 bits per heavy atom. The van der Waals surface area contributed by atoms with Gasteiger partial charge in [-0.05, 0) is 0 Å². The number of rotatable bonds is 3. The van der Waals surface area contributed by atoms with Gasteiger partial charge >= 0.3 is 23.7 Å². The maximum atomic E-state index is 14.8. The van der Waals surface area contributed by atoms with Gasteiger partial charge in [0.2, 0.25) is 0 Å². The van der Waals surface area contributed by atoms with Crippen molar-refractivity contribution in [3.8, 4) is 5.75 Å². The molecule has 0 saturated heterocycles. The fraction of sp³-hybridized carbons (Fsp3) is 0.333. The van der Waals surface area contributed by atoms with E-state index in [4.69, 9.17) is 5.11 Å². The second-order valence-corrected chi connectivity index (χ2v) is 6.90. The van der Waals surface area contributed by atoms with Gasteiger partial charge in [0.15, 0.2) is 46.5 Å². The number of benzene rings is 2. The second kappa shape index (κ2) is 7.83. The summed E-state index contributed by atoms with van der Waals surface area (Å²) in [5.74, 6) is -55.1. The predicted molar refractivity (Wildman–Crippen MR) is 80.7 cm³/mol. The van der Waals surface area contributed by atoms with E-state index in [1.54, 1.807) is 0 Å². The lowest BCUT2D eigenvalue weighted by Gasteiger charge is -2.34. The molecule has 1 N–H and O–H groups in total. The largest absolute Gasteiger partial charge is 0.487 e. The highest BCUT2D eigenvalue weighted by molar-refractivity contribution is 5.50. The molecule has 2 nitrogen and oxygen atoms in total. The van der Waals surface area contributed by atoms with E-state index in [-0.39, 0.29) is 0 Å². The average molecular weight is 538 g/mol. The van der Waals surface area contributed by atoms with E-state index in [1.165, 1.54) is 0 Å². The van der Waals surface area contributed by atoms with Gasteiger partial charge in [-0.25, -0.2) is 30.7 Å². The highest BCUT2D eigenvalue weighted by Gasteiger charge is 2.70. The van der Waals surface area contributed by atoms with E-state index in [0.29, 0.717) is 0 Å². The monoisotopic (exact) mass is 538 g/mol. The van der Waals surface area contributed by atoms with Gasteiger partial charge in [0.25, 0.3) is 0 Å². The summed E-state index contributed by atoms with van der Waals surface area (Å²) in [5.41, 5.74) is -14.4. The van der Waals surface area contributed by atoms with Crippen molar-refractivity contribution in [1.29, 1.82) is 0 Å². The van der Waals surface area contributed by atoms with E-state index in [1.807, 2.05) is 0 Å². The molecule has 194 valence electrons. The van der Waals surface area contributed by atoms with Crippen LogP contribution >= 0.6 is 0 Å². The zero-order chi connectivity index (χ0) is 27.0. The molecule has 0 heterocycles. The first-order valence-electron chi connectivity index (χ1n) is 8.64. The molecule has 2 aromatic carbocycles. The first kappa shape index (κ1) is 26.7. The lowest BCUT2D eigenvalue weighted by Crippen LogP contribution is -2.44. The van der Waals surface area contributed by atoms with Gasteiger partial charge in [0, 0.05) is 0 Å². The molecule has 17 heteroatoms. The van der Waals surface area contributed by atoms with Crippen LogP contribution in [-0.2, 0) is 23.7 Å². The minimum Gasteiger partial charge on any atom is -0.487 e. The van der Waals surface area contributed by atoms with Crippen LogP contribution < -0.4 is 4.74 Å². The molecule has 0 aromatic heterocycles. The van der Waals surface area contributed by atoms with Crippen LogP contribution in [0.2, 0.25) is 0 Å². The summed E-state index contributed by atoms with van der Waals surface area (Å²) in [4.78, 5) is 0. The molecule has 2 aromatic rings. The molecule has 6 rings (SSSR count). The van der Waals surface area contributed by atoms with Gasteiger partial charge in [-0.3, -0.25) is 0 Å². The molecule has 0 amide bonds. The Morgan fingerprint density at radius 1 is 0.457 bits per heavy atom. The normalized spacial score (nSPS) is 19.4. The number of hydrogen-bond acceptors (Lipinski definition) is 2. The van der Waals surface area contributed by atoms with Gasteiger partial charge < -0.3 is 9.84 Å². The fourth-order valence-electron chi connectivity index (χ4n) is 3.29. The molecular weight excluding hydrogens is 533 g/mol. The number of halogens is 15. The zero-order valence-corrected chi connectivity index (χ0v) is 15.9. The first-order chi connectivity index (χ1) is 15.8. The number of aliphatic hydroxyl groups excluding tert-OH is 1. The summed E-state index contributed by atoms with van der Waals surface area (Å²) in [6.45, 7) is -2.86. The van der Waals surface area contributed by atoms with Crippen molar-refractivity contribution in [2.75, 3.05) is 13.2 Å². The summed E-state index contributed by atoms with van der Waals surface area (Å²) in [6.07, 6.45) is 0. The SMILES string of the molecule is OCCOc1c(F)c2c(F)c(F)c1C(F)(F)C(F)(F)c1c(F)c(F)c(c(F)c1F)C(F)(F)C2(F)F. The minimum atomic E-state index is -6.76. The predicted octanol–water partition coefficient (Wildman–Crippen LogP) is 6.11. The molecule has 4 bridgehead atoms. The molecule has 35 heavy (non-hydrogen) atoms. The van der Waals surface area contributed by atoms with E-state index in [0.717, 1.165) is 0 Å². The maximum Gasteiger partial charge on any atom is 0.346 e. The second-order valence-electron chi connectivity index (χ2n) is 6.90. The van der Waals surface area contributed by atoms with Crippen molar-refractivity contribution in [2.24, 2.45) is 0 Å². The van der Waals surface area contributed by atoms with Crippen LogP contribution in [0.25, 0.3) is 0 Å². The van der Waals surface area contributed by atoms with Gasteiger partial charge in [-0.15, -0.1) is 0 Å². The topological polar surface area (TPSA) is 29.5 Å². The number of ether oxygens (including phenoxy) is 1. The van der Waals surface area contributed by atoms with Crippen LogP contribution in [0.4, 0.5) is 65.9 Å². The maximum absolute atomic E-state index is 14.8. The summed E-state index contributed by atoms with van der Waals surface area (Å²) in [5, 5.41) is 8.64. The molecule has 0 saturated carbocycles. The standard InChI is InChI=1S/C18H5F15O2/c19-7-3-8(20)10(22)4(9(7)21)16(28,29)18(32,33)6-12(24)11(23)5(17(30,31)15(3,26)27)13(25)14(6)35-2-1-34/h34H,1-2H2. The van der Waals surface area contributed by atoms with Crippen molar-refractivity contribution in [3.63, 3.8) is 0 Å². The van der Waals surface area contributed by atoms with Gasteiger partial charge in [-0.2, -0.15) is 35.1 Å². The summed E-state index contributed by atoms with van der Waals surface area (Å²) in [6, 6.07) is 0. The number of aliphatic hydroxyl groups is 1. The molecule has 0 spiro atoms. The summed E-state index contributed by atoms with van der Waals surface area (Å²) in [7, 11) is 0. The van der Waals surface area contributed by atoms with Gasteiger partial charge in [-0.1, -0.05) is 0 Å². The fourth-order valence-corrected chi connectivity index (χ4v) is 3.29. The Bertz CT molecular complexity index is 1190. The molecule has 4 aliphatic carbocycles. The molecule has 0 aliphatic heterocycles. The lowest BCUT2D eigenvalue weighted by molar-refractivity contribution is -0.236. The molecule has 0 fully saturated rings. The van der Waals surface area contributed by atoms with Crippen molar-refractivity contribution in [1.82, 2.24) is 0 Å². The third-order valence-electron chi connectivity index (χ3n) is 4.92. The lowest BCUT2D eigenvalue weighted by atomic mass is 9.86. The molecule has 0 radical (unpaired) electrons. The van der Waals surface area contributed by atoms with Crippen molar-refractivity contribution in [2.45, 2.75) is 23.7 Å². The molecule has 4 aliphatic rings. The van der Waals surface area contributed by atoms with Crippen molar-refractivity contribution >= 4 is 0 Å². The number of alkyl halides is 8. The molecular formula is C18H5F15O2. The Labute approximate surface area is 182 Å². The van der Waals surface area contributed by atoms with Crippen LogP contribution in [0.15, 0.2) is 0 Å². The van der Waals surface area contributed by atoms with E-state index < -0.39 is 106 Å². The third kappa shape index (κ3) is 3.19. The Balaban J connectivity index is 2.73. The summed E-state index contributed by atoms with van der Waals surface area (Å²) >= 11 is 0. The molecule has 0 atom stereocenters. The zero-order valence-electron chi connectivity index (χ0n) is 15.9. The molecule has 0 unspecified atom stereocenters. The number of hydrogen-bond donors (Lipinski definition) is 1. The van der Waals surface area contributed by atoms with E-state index in [9.17, 15) is 65.9 Å². The highest BCUT2D eigenvalue weighted by Crippen LogP contribution is 2.60. The van der Waals surface area contributed by atoms with Gasteiger partial charge in [0.05, 0.1) is 6.61 Å². The quantitative estimate of drug-likeness (QED) is 0.378. The summed E-state index contributed by atoms with van der Waals surface area (Å²) < 4.78 is 221. The van der Waals surface area contributed by atoms with Crippen LogP contribution in [0.1, 0.15) is 22.3 Å². The first-order valence-corrected chi connectivity index (χ1v) is 8.64. The Morgan fingerprint density at radius 3 is 1.03 bits per heavy atom. The van der Waals surface area contributed by atoms with E-state index >= 15 is 0 Å². The highest BCUT2D eigenvalue weighted by atomic mass is 19.3. The van der Waals surface area contributed by atoms with Gasteiger partial charge in [0.1, 0.15) is 28.9 Å². The van der Waals surface area contributed by atoms with Crippen LogP contribution in [0, 0.1) is 40.7 Å².